The first-order chi connectivity index (χ1) is 10.1. The topological polar surface area (TPSA) is 58.6 Å². The second-order valence-electron chi connectivity index (χ2n) is 5.75. The van der Waals surface area contributed by atoms with Gasteiger partial charge in [-0.25, -0.2) is 0 Å². The summed E-state index contributed by atoms with van der Waals surface area (Å²) < 4.78 is 5.09. The maximum absolute atomic E-state index is 11.7. The van der Waals surface area contributed by atoms with E-state index in [1.54, 1.807) is 6.07 Å². The number of carbonyl (C=O) groups excluding carboxylic acids is 1. The first-order valence-electron chi connectivity index (χ1n) is 7.82. The van der Waals surface area contributed by atoms with E-state index in [2.05, 4.69) is 12.2 Å². The number of rotatable bonds is 5. The molecule has 0 spiro atoms. The third-order valence-electron chi connectivity index (χ3n) is 4.24. The molecule has 1 aromatic carbocycles. The Kier molecular flexibility index (Phi) is 5.62. The van der Waals surface area contributed by atoms with E-state index < -0.39 is 0 Å². The van der Waals surface area contributed by atoms with E-state index in [0.717, 1.165) is 31.2 Å². The van der Waals surface area contributed by atoms with Crippen molar-refractivity contribution >= 4 is 5.97 Å². The number of para-hydroxylation sites is 1. The number of ether oxygens (including phenoxy) is 1. The normalized spacial score (nSPS) is 23.5. The highest BCUT2D eigenvalue weighted by Gasteiger charge is 2.28. The predicted octanol–water partition coefficient (Wildman–Crippen LogP) is 3.16. The Bertz CT molecular complexity index is 467. The maximum atomic E-state index is 11.7. The van der Waals surface area contributed by atoms with Crippen molar-refractivity contribution in [1.82, 2.24) is 5.32 Å². The third-order valence-corrected chi connectivity index (χ3v) is 4.24. The molecule has 1 aliphatic carbocycles. The SMILES string of the molecule is CCOC(=O)C1CCC(NC(C)c2ccccc2O)CC1. The van der Waals surface area contributed by atoms with Gasteiger partial charge in [-0.3, -0.25) is 4.79 Å². The number of benzene rings is 1. The minimum absolute atomic E-state index is 0.0512. The molecule has 2 rings (SSSR count). The Morgan fingerprint density at radius 2 is 2.00 bits per heavy atom. The summed E-state index contributed by atoms with van der Waals surface area (Å²) in [7, 11) is 0. The highest BCUT2D eigenvalue weighted by molar-refractivity contribution is 5.72. The minimum Gasteiger partial charge on any atom is -0.508 e. The number of phenolic OH excluding ortho intramolecular Hbond substituents is 1. The molecule has 0 heterocycles. The van der Waals surface area contributed by atoms with Gasteiger partial charge in [-0.1, -0.05) is 18.2 Å². The van der Waals surface area contributed by atoms with Gasteiger partial charge in [0.25, 0.3) is 0 Å². The number of esters is 1. The molecule has 2 N–H and O–H groups in total. The van der Waals surface area contributed by atoms with Crippen molar-refractivity contribution in [2.75, 3.05) is 6.61 Å². The fourth-order valence-electron chi connectivity index (χ4n) is 3.05. The number of hydrogen-bond donors (Lipinski definition) is 2. The van der Waals surface area contributed by atoms with E-state index >= 15 is 0 Å². The maximum Gasteiger partial charge on any atom is 0.308 e. The highest BCUT2D eigenvalue weighted by atomic mass is 16.5. The van der Waals surface area contributed by atoms with E-state index in [-0.39, 0.29) is 17.9 Å². The number of aromatic hydroxyl groups is 1. The molecule has 1 aliphatic rings. The predicted molar refractivity (Wildman–Crippen MR) is 82.0 cm³/mol. The smallest absolute Gasteiger partial charge is 0.308 e. The number of nitrogens with one attached hydrogen (secondary N) is 1. The van der Waals surface area contributed by atoms with Crippen LogP contribution in [0.5, 0.6) is 5.75 Å². The van der Waals surface area contributed by atoms with Gasteiger partial charge in [0.2, 0.25) is 0 Å². The molecule has 1 atom stereocenters. The number of carbonyl (C=O) groups is 1. The Hall–Kier alpha value is -1.55. The van der Waals surface area contributed by atoms with E-state index in [0.29, 0.717) is 18.4 Å². The molecule has 0 saturated heterocycles. The van der Waals surface area contributed by atoms with Crippen LogP contribution < -0.4 is 5.32 Å². The minimum atomic E-state index is -0.0512. The molecule has 0 aliphatic heterocycles. The number of phenols is 1. The fourth-order valence-corrected chi connectivity index (χ4v) is 3.05. The van der Waals surface area contributed by atoms with Gasteiger partial charge in [-0.05, 0) is 45.6 Å². The van der Waals surface area contributed by atoms with Crippen LogP contribution in [0, 0.1) is 5.92 Å². The molecule has 1 aromatic rings. The summed E-state index contributed by atoms with van der Waals surface area (Å²) in [6, 6.07) is 7.92. The molecule has 0 amide bonds. The van der Waals surface area contributed by atoms with Crippen LogP contribution in [0.4, 0.5) is 0 Å². The van der Waals surface area contributed by atoms with Crippen LogP contribution >= 0.6 is 0 Å². The lowest BCUT2D eigenvalue weighted by Gasteiger charge is -2.30. The Morgan fingerprint density at radius 3 is 2.62 bits per heavy atom. The van der Waals surface area contributed by atoms with Gasteiger partial charge in [-0.15, -0.1) is 0 Å². The fraction of sp³-hybridized carbons (Fsp3) is 0.588. The van der Waals surface area contributed by atoms with Crippen LogP contribution in [-0.2, 0) is 9.53 Å². The summed E-state index contributed by atoms with van der Waals surface area (Å²) in [6.07, 6.45) is 3.71. The molecular weight excluding hydrogens is 266 g/mol. The van der Waals surface area contributed by atoms with Crippen molar-refractivity contribution in [3.8, 4) is 5.75 Å². The molecule has 4 heteroatoms. The molecule has 1 saturated carbocycles. The summed E-state index contributed by atoms with van der Waals surface area (Å²) in [4.78, 5) is 11.7. The van der Waals surface area contributed by atoms with E-state index in [1.165, 1.54) is 0 Å². The van der Waals surface area contributed by atoms with Gasteiger partial charge in [0, 0.05) is 17.6 Å². The van der Waals surface area contributed by atoms with E-state index in [4.69, 9.17) is 4.74 Å². The largest absolute Gasteiger partial charge is 0.508 e. The van der Waals surface area contributed by atoms with Crippen molar-refractivity contribution in [1.29, 1.82) is 0 Å². The molecule has 4 nitrogen and oxygen atoms in total. The standard InChI is InChI=1S/C17H25NO3/c1-3-21-17(20)13-8-10-14(11-9-13)18-12(2)15-6-4-5-7-16(15)19/h4-7,12-14,18-19H,3,8-11H2,1-2H3. The zero-order valence-corrected chi connectivity index (χ0v) is 12.8. The first kappa shape index (κ1) is 15.8. The van der Waals surface area contributed by atoms with E-state index in [1.807, 2.05) is 25.1 Å². The lowest BCUT2D eigenvalue weighted by atomic mass is 9.85. The Morgan fingerprint density at radius 1 is 1.33 bits per heavy atom. The van der Waals surface area contributed by atoms with E-state index in [9.17, 15) is 9.90 Å². The van der Waals surface area contributed by atoms with Gasteiger partial charge in [0.15, 0.2) is 0 Å². The van der Waals surface area contributed by atoms with Crippen LogP contribution in [0.2, 0.25) is 0 Å². The highest BCUT2D eigenvalue weighted by Crippen LogP contribution is 2.29. The second kappa shape index (κ2) is 7.46. The van der Waals surface area contributed by atoms with Crippen molar-refractivity contribution in [3.05, 3.63) is 29.8 Å². The Balaban J connectivity index is 1.83. The quantitative estimate of drug-likeness (QED) is 0.818. The van der Waals surface area contributed by atoms with Crippen molar-refractivity contribution in [2.24, 2.45) is 5.92 Å². The summed E-state index contributed by atoms with van der Waals surface area (Å²) in [6.45, 7) is 4.37. The summed E-state index contributed by atoms with van der Waals surface area (Å²) in [5.74, 6) is 0.339. The van der Waals surface area contributed by atoms with Gasteiger partial charge in [-0.2, -0.15) is 0 Å². The van der Waals surface area contributed by atoms with Crippen LogP contribution in [0.1, 0.15) is 51.1 Å². The zero-order valence-electron chi connectivity index (χ0n) is 12.8. The van der Waals surface area contributed by atoms with Crippen LogP contribution in [0.25, 0.3) is 0 Å². The Labute approximate surface area is 126 Å². The summed E-state index contributed by atoms with van der Waals surface area (Å²) in [5.41, 5.74) is 0.921. The average Bonchev–Trinajstić information content (AvgIpc) is 2.48. The molecule has 116 valence electrons. The molecule has 0 aromatic heterocycles. The monoisotopic (exact) mass is 291 g/mol. The second-order valence-corrected chi connectivity index (χ2v) is 5.75. The molecule has 1 fully saturated rings. The third kappa shape index (κ3) is 4.21. The van der Waals surface area contributed by atoms with Crippen LogP contribution in [0.3, 0.4) is 0 Å². The summed E-state index contributed by atoms with van der Waals surface area (Å²) in [5, 5.41) is 13.4. The zero-order chi connectivity index (χ0) is 15.2. The average molecular weight is 291 g/mol. The molecular formula is C17H25NO3. The first-order valence-corrected chi connectivity index (χ1v) is 7.82. The van der Waals surface area contributed by atoms with Crippen LogP contribution in [0.15, 0.2) is 24.3 Å². The van der Waals surface area contributed by atoms with Gasteiger partial charge in [0.1, 0.15) is 5.75 Å². The van der Waals surface area contributed by atoms with Crippen molar-refractivity contribution < 1.29 is 14.6 Å². The molecule has 21 heavy (non-hydrogen) atoms. The molecule has 1 unspecified atom stereocenters. The van der Waals surface area contributed by atoms with Gasteiger partial charge < -0.3 is 15.2 Å². The lowest BCUT2D eigenvalue weighted by molar-refractivity contribution is -0.149. The van der Waals surface area contributed by atoms with Crippen molar-refractivity contribution in [2.45, 2.75) is 51.6 Å². The van der Waals surface area contributed by atoms with Crippen LogP contribution in [-0.4, -0.2) is 23.7 Å². The summed E-state index contributed by atoms with van der Waals surface area (Å²) >= 11 is 0. The molecule has 0 radical (unpaired) electrons. The van der Waals surface area contributed by atoms with Gasteiger partial charge in [0.05, 0.1) is 12.5 Å². The van der Waals surface area contributed by atoms with Crippen molar-refractivity contribution in [3.63, 3.8) is 0 Å². The number of hydrogen-bond acceptors (Lipinski definition) is 4. The lowest BCUT2D eigenvalue weighted by Crippen LogP contribution is -2.36. The van der Waals surface area contributed by atoms with Gasteiger partial charge >= 0.3 is 5.97 Å². The molecule has 0 bridgehead atoms.